The molecule has 3 N–H and O–H groups in total. The number of aromatic nitrogens is 2. The predicted molar refractivity (Wildman–Crippen MR) is 49.8 cm³/mol. The first-order valence-electron chi connectivity index (χ1n) is 3.67. The molecule has 2 aromatic heterocycles. The molecule has 12 heavy (non-hydrogen) atoms. The van der Waals surface area contributed by atoms with Gasteiger partial charge in [-0.2, -0.15) is 5.10 Å². The lowest BCUT2D eigenvalue weighted by Gasteiger charge is -1.87. The molecule has 0 spiro atoms. The van der Waals surface area contributed by atoms with Crippen LogP contribution in [0.1, 0.15) is 4.88 Å². The highest BCUT2D eigenvalue weighted by atomic mass is 32.1. The Hall–Kier alpha value is -1.13. The van der Waals surface area contributed by atoms with Crippen LogP contribution in [-0.2, 0) is 6.54 Å². The number of rotatable bonds is 2. The molecule has 2 heterocycles. The van der Waals surface area contributed by atoms with Crippen molar-refractivity contribution in [2.24, 2.45) is 5.73 Å². The lowest BCUT2D eigenvalue weighted by atomic mass is 10.2. The normalized spacial score (nSPS) is 10.4. The number of H-pyrrole nitrogens is 1. The number of hydrogen-bond acceptors (Lipinski definition) is 3. The van der Waals surface area contributed by atoms with Gasteiger partial charge in [0.05, 0.1) is 5.69 Å². The molecule has 2 aromatic rings. The molecule has 0 atom stereocenters. The standard InChI is InChI=1S/C8H9N3S/c9-4-7-3-6(5-12-7)8-1-2-10-11-8/h1-3,5H,4,9H2,(H,10,11). The Morgan fingerprint density at radius 3 is 3.08 bits per heavy atom. The maximum Gasteiger partial charge on any atom is 0.0658 e. The lowest BCUT2D eigenvalue weighted by Crippen LogP contribution is -1.91. The van der Waals surface area contributed by atoms with E-state index in [9.17, 15) is 0 Å². The SMILES string of the molecule is NCc1cc(-c2ccn[nH]2)cs1. The Morgan fingerprint density at radius 1 is 1.58 bits per heavy atom. The average molecular weight is 179 g/mol. The molecule has 0 aromatic carbocycles. The lowest BCUT2D eigenvalue weighted by molar-refractivity contribution is 1.09. The zero-order valence-electron chi connectivity index (χ0n) is 6.45. The van der Waals surface area contributed by atoms with Gasteiger partial charge in [-0.15, -0.1) is 11.3 Å². The highest BCUT2D eigenvalue weighted by molar-refractivity contribution is 7.10. The van der Waals surface area contributed by atoms with Gasteiger partial charge in [0.15, 0.2) is 0 Å². The number of nitrogens with two attached hydrogens (primary N) is 1. The van der Waals surface area contributed by atoms with E-state index >= 15 is 0 Å². The van der Waals surface area contributed by atoms with Gasteiger partial charge in [0.2, 0.25) is 0 Å². The molecule has 2 rings (SSSR count). The molecule has 0 bridgehead atoms. The van der Waals surface area contributed by atoms with E-state index < -0.39 is 0 Å². The van der Waals surface area contributed by atoms with Crippen molar-refractivity contribution in [1.29, 1.82) is 0 Å². The Labute approximate surface area is 74.2 Å². The van der Waals surface area contributed by atoms with E-state index in [1.54, 1.807) is 17.5 Å². The molecule has 0 unspecified atom stereocenters. The van der Waals surface area contributed by atoms with Gasteiger partial charge >= 0.3 is 0 Å². The summed E-state index contributed by atoms with van der Waals surface area (Å²) in [5.74, 6) is 0. The van der Waals surface area contributed by atoms with Crippen molar-refractivity contribution in [3.63, 3.8) is 0 Å². The van der Waals surface area contributed by atoms with E-state index in [1.807, 2.05) is 6.07 Å². The zero-order valence-corrected chi connectivity index (χ0v) is 7.27. The monoisotopic (exact) mass is 179 g/mol. The fraction of sp³-hybridized carbons (Fsp3) is 0.125. The van der Waals surface area contributed by atoms with E-state index in [-0.39, 0.29) is 0 Å². The molecule has 3 nitrogen and oxygen atoms in total. The number of nitrogens with zero attached hydrogens (tertiary/aromatic N) is 1. The summed E-state index contributed by atoms with van der Waals surface area (Å²) in [6, 6.07) is 4.03. The molecule has 0 saturated carbocycles. The Balaban J connectivity index is 2.35. The van der Waals surface area contributed by atoms with Crippen molar-refractivity contribution < 1.29 is 0 Å². The van der Waals surface area contributed by atoms with Gasteiger partial charge in [-0.05, 0) is 12.1 Å². The van der Waals surface area contributed by atoms with Crippen LogP contribution >= 0.6 is 11.3 Å². The maximum absolute atomic E-state index is 5.50. The molecular weight excluding hydrogens is 170 g/mol. The number of hydrogen-bond donors (Lipinski definition) is 2. The summed E-state index contributed by atoms with van der Waals surface area (Å²) in [6.45, 7) is 0.610. The first-order chi connectivity index (χ1) is 5.90. The summed E-state index contributed by atoms with van der Waals surface area (Å²) in [4.78, 5) is 1.19. The third-order valence-corrected chi connectivity index (χ3v) is 2.63. The maximum atomic E-state index is 5.50. The van der Waals surface area contributed by atoms with Crippen LogP contribution in [0.4, 0.5) is 0 Å². The van der Waals surface area contributed by atoms with Crippen LogP contribution in [0.25, 0.3) is 11.3 Å². The van der Waals surface area contributed by atoms with E-state index in [0.717, 1.165) is 11.3 Å². The second kappa shape index (κ2) is 3.08. The number of thiophene rings is 1. The van der Waals surface area contributed by atoms with Crippen molar-refractivity contribution in [1.82, 2.24) is 10.2 Å². The van der Waals surface area contributed by atoms with E-state index in [0.29, 0.717) is 6.54 Å². The topological polar surface area (TPSA) is 54.7 Å². The molecule has 0 fully saturated rings. The van der Waals surface area contributed by atoms with Gasteiger partial charge in [0, 0.05) is 28.6 Å². The van der Waals surface area contributed by atoms with Crippen molar-refractivity contribution in [3.05, 3.63) is 28.6 Å². The first-order valence-corrected chi connectivity index (χ1v) is 4.55. The summed E-state index contributed by atoms with van der Waals surface area (Å²) < 4.78 is 0. The van der Waals surface area contributed by atoms with Crippen molar-refractivity contribution in [3.8, 4) is 11.3 Å². The third-order valence-electron chi connectivity index (χ3n) is 1.67. The van der Waals surface area contributed by atoms with Gasteiger partial charge in [-0.3, -0.25) is 5.10 Å². The van der Waals surface area contributed by atoms with Crippen molar-refractivity contribution in [2.45, 2.75) is 6.54 Å². The number of aromatic amines is 1. The second-order valence-electron chi connectivity index (χ2n) is 2.48. The van der Waals surface area contributed by atoms with Crippen LogP contribution in [0, 0.1) is 0 Å². The fourth-order valence-electron chi connectivity index (χ4n) is 1.05. The van der Waals surface area contributed by atoms with E-state index in [4.69, 9.17) is 5.73 Å². The zero-order chi connectivity index (χ0) is 8.39. The highest BCUT2D eigenvalue weighted by Crippen LogP contribution is 2.22. The average Bonchev–Trinajstić information content (AvgIpc) is 2.75. The van der Waals surface area contributed by atoms with Crippen LogP contribution in [0.3, 0.4) is 0 Å². The predicted octanol–water partition coefficient (Wildman–Crippen LogP) is 1.60. The molecule has 0 saturated heterocycles. The summed E-state index contributed by atoms with van der Waals surface area (Å²) in [6.07, 6.45) is 1.75. The second-order valence-corrected chi connectivity index (χ2v) is 3.47. The van der Waals surface area contributed by atoms with Gasteiger partial charge in [0.1, 0.15) is 0 Å². The third kappa shape index (κ3) is 1.26. The van der Waals surface area contributed by atoms with Crippen LogP contribution in [-0.4, -0.2) is 10.2 Å². The minimum absolute atomic E-state index is 0.610. The minimum atomic E-state index is 0.610. The van der Waals surface area contributed by atoms with Gasteiger partial charge in [-0.25, -0.2) is 0 Å². The molecule has 0 aliphatic carbocycles. The summed E-state index contributed by atoms with van der Waals surface area (Å²) in [7, 11) is 0. The Kier molecular flexibility index (Phi) is 1.93. The Bertz CT molecular complexity index is 350. The van der Waals surface area contributed by atoms with Crippen molar-refractivity contribution in [2.75, 3.05) is 0 Å². The van der Waals surface area contributed by atoms with Crippen LogP contribution < -0.4 is 5.73 Å². The quantitative estimate of drug-likeness (QED) is 0.735. The van der Waals surface area contributed by atoms with Crippen LogP contribution in [0.15, 0.2) is 23.7 Å². The molecule has 0 aliphatic heterocycles. The van der Waals surface area contributed by atoms with Gasteiger partial charge in [-0.1, -0.05) is 0 Å². The first kappa shape index (κ1) is 7.52. The van der Waals surface area contributed by atoms with E-state index in [2.05, 4.69) is 21.6 Å². The van der Waals surface area contributed by atoms with E-state index in [1.165, 1.54) is 4.88 Å². The largest absolute Gasteiger partial charge is 0.326 e. The number of nitrogens with one attached hydrogen (secondary N) is 1. The molecule has 4 heteroatoms. The van der Waals surface area contributed by atoms with Gasteiger partial charge in [0.25, 0.3) is 0 Å². The minimum Gasteiger partial charge on any atom is -0.326 e. The van der Waals surface area contributed by atoms with Gasteiger partial charge < -0.3 is 5.73 Å². The van der Waals surface area contributed by atoms with Crippen LogP contribution in [0.2, 0.25) is 0 Å². The molecular formula is C8H9N3S. The summed E-state index contributed by atoms with van der Waals surface area (Å²) >= 11 is 1.67. The smallest absolute Gasteiger partial charge is 0.0658 e. The molecule has 0 amide bonds. The Morgan fingerprint density at radius 2 is 2.50 bits per heavy atom. The van der Waals surface area contributed by atoms with Crippen molar-refractivity contribution >= 4 is 11.3 Å². The molecule has 0 radical (unpaired) electrons. The summed E-state index contributed by atoms with van der Waals surface area (Å²) in [5.41, 5.74) is 7.71. The molecule has 62 valence electrons. The highest BCUT2D eigenvalue weighted by Gasteiger charge is 2.01. The summed E-state index contributed by atoms with van der Waals surface area (Å²) in [5, 5.41) is 8.87. The van der Waals surface area contributed by atoms with Crippen LogP contribution in [0.5, 0.6) is 0 Å². The fourth-order valence-corrected chi connectivity index (χ4v) is 1.81. The molecule has 0 aliphatic rings.